The van der Waals surface area contributed by atoms with Crippen LogP contribution < -0.4 is 0 Å². The van der Waals surface area contributed by atoms with Gasteiger partial charge in [-0.3, -0.25) is 0 Å². The molecule has 0 N–H and O–H groups in total. The Bertz CT molecular complexity index is 10400. The quantitative estimate of drug-likeness (QED) is 0.162. The molecule has 6 heteroatoms. The highest BCUT2D eigenvalue weighted by molar-refractivity contribution is 7.27. The third-order valence-corrected chi connectivity index (χ3v) is 31.7. The summed E-state index contributed by atoms with van der Waals surface area (Å²) >= 11 is 3.77. The van der Waals surface area contributed by atoms with Crippen LogP contribution in [0.15, 0.2) is 447 Å². The summed E-state index contributed by atoms with van der Waals surface area (Å²) < 4.78 is 19.4. The molecule has 0 saturated carbocycles. The van der Waals surface area contributed by atoms with Crippen molar-refractivity contribution >= 4 is 301 Å². The SMILES string of the molecule is c1ccc2c(c1)ccc1c3cc(-n4c5ccccc5c5c6c7ccccc7c7ccccc7c6c6ccccc6c54)ccc3oc21.c1ccc2c(c1)ccc1c3cc(-n4c5ccccc5c5c6c7ccccc7c7ccccc7c6c6ccccc6c54)ccc3sc21.c1ccc2c(c1)sc1ccc(-n3c4ccccc4c4c5c6ccccc6c6ccccc6c5c5ccccc5c43)cc12. The number of hydrogen-bond donors (Lipinski definition) is 0. The molecule has 0 saturated heterocycles. The normalized spacial score (nSPS) is 12.3. The maximum absolute atomic E-state index is 6.52. The highest BCUT2D eigenvalue weighted by Crippen LogP contribution is 2.54. The monoisotopic (exact) mass is 1730 g/mol. The van der Waals surface area contributed by atoms with Crippen LogP contribution in [0.1, 0.15) is 0 Å². The van der Waals surface area contributed by atoms with E-state index in [1.807, 2.05) is 22.7 Å². The van der Waals surface area contributed by atoms with Crippen LogP contribution in [0.25, 0.3) is 296 Å². The van der Waals surface area contributed by atoms with E-state index >= 15 is 0 Å². The molecule has 0 radical (unpaired) electrons. The van der Waals surface area contributed by atoms with Crippen molar-refractivity contribution in [1.29, 1.82) is 0 Å². The number of hydrogen-bond acceptors (Lipinski definition) is 3. The third-order valence-electron chi connectivity index (χ3n) is 29.4. The van der Waals surface area contributed by atoms with Gasteiger partial charge in [0.15, 0.2) is 0 Å². The van der Waals surface area contributed by atoms with E-state index in [1.165, 1.54) is 263 Å². The first-order valence-corrected chi connectivity index (χ1v) is 47.8. The number of fused-ring (bicyclic) bond motifs is 52. The molecule has 0 fully saturated rings. The number of benzene rings is 26. The van der Waals surface area contributed by atoms with Crippen molar-refractivity contribution in [3.05, 3.63) is 443 Å². The average Bonchev–Trinajstić information content (AvgIpc) is 1.52. The molecule has 618 valence electrons. The fourth-order valence-electron chi connectivity index (χ4n) is 23.9. The van der Waals surface area contributed by atoms with Gasteiger partial charge in [-0.1, -0.05) is 358 Å². The van der Waals surface area contributed by atoms with Crippen LogP contribution >= 0.6 is 22.7 Å². The number of rotatable bonds is 3. The Balaban J connectivity index is 0.0000000961. The highest BCUT2D eigenvalue weighted by Gasteiger charge is 2.29. The van der Waals surface area contributed by atoms with Gasteiger partial charge < -0.3 is 18.1 Å². The summed E-state index contributed by atoms with van der Waals surface area (Å²) in [5.74, 6) is 0. The largest absolute Gasteiger partial charge is 0.455 e. The molecule has 0 amide bonds. The fourth-order valence-corrected chi connectivity index (χ4v) is 26.2. The summed E-state index contributed by atoms with van der Waals surface area (Å²) in [6.45, 7) is 0. The zero-order valence-electron chi connectivity index (χ0n) is 72.2. The summed E-state index contributed by atoms with van der Waals surface area (Å²) in [5, 5.41) is 51.6. The van der Waals surface area contributed by atoms with Crippen molar-refractivity contribution < 1.29 is 4.42 Å². The molecule has 32 aromatic rings. The highest BCUT2D eigenvalue weighted by atomic mass is 32.1. The van der Waals surface area contributed by atoms with Gasteiger partial charge in [0.05, 0.1) is 33.1 Å². The van der Waals surface area contributed by atoms with Gasteiger partial charge >= 0.3 is 0 Å². The minimum Gasteiger partial charge on any atom is -0.455 e. The third kappa shape index (κ3) is 10.3. The van der Waals surface area contributed by atoms with Crippen LogP contribution in [0.5, 0.6) is 0 Å². The number of aromatic nitrogens is 3. The molecule has 134 heavy (non-hydrogen) atoms. The number of furan rings is 1. The Hall–Kier alpha value is -17.0. The maximum Gasteiger partial charge on any atom is 0.143 e. The van der Waals surface area contributed by atoms with E-state index in [-0.39, 0.29) is 0 Å². The number of para-hydroxylation sites is 3. The number of nitrogens with zero attached hydrogens (tertiary/aromatic N) is 3. The van der Waals surface area contributed by atoms with Crippen LogP contribution in [0.3, 0.4) is 0 Å². The zero-order chi connectivity index (χ0) is 87.2. The second kappa shape index (κ2) is 28.3. The molecule has 0 atom stereocenters. The molecule has 0 aliphatic carbocycles. The molecule has 0 unspecified atom stereocenters. The van der Waals surface area contributed by atoms with Gasteiger partial charge in [-0.2, -0.15) is 0 Å². The molecule has 6 heterocycles. The van der Waals surface area contributed by atoms with Crippen molar-refractivity contribution in [1.82, 2.24) is 13.7 Å². The molecule has 32 rings (SSSR count). The Kier molecular flexibility index (Phi) is 15.6. The van der Waals surface area contributed by atoms with Gasteiger partial charge in [0.2, 0.25) is 0 Å². The summed E-state index contributed by atoms with van der Waals surface area (Å²) in [5.41, 5.74) is 12.8. The molecule has 0 aliphatic rings. The Morgan fingerprint density at radius 3 is 0.843 bits per heavy atom. The molecule has 6 aromatic heterocycles. The van der Waals surface area contributed by atoms with Crippen molar-refractivity contribution in [3.63, 3.8) is 0 Å². The van der Waals surface area contributed by atoms with Gasteiger partial charge in [0.1, 0.15) is 11.2 Å². The fraction of sp³-hybridized carbons (Fsp3) is 0. The van der Waals surface area contributed by atoms with Crippen LogP contribution in [-0.2, 0) is 0 Å². The minimum atomic E-state index is 0.906. The van der Waals surface area contributed by atoms with Crippen LogP contribution in [-0.4, -0.2) is 13.7 Å². The van der Waals surface area contributed by atoms with Crippen molar-refractivity contribution in [2.75, 3.05) is 0 Å². The van der Waals surface area contributed by atoms with E-state index in [1.54, 1.807) is 0 Å². The molecule has 4 nitrogen and oxygen atoms in total. The van der Waals surface area contributed by atoms with Gasteiger partial charge in [0, 0.05) is 138 Å². The first kappa shape index (κ1) is 73.9. The molecular formula is C128H73N3OS2. The summed E-state index contributed by atoms with van der Waals surface area (Å²) in [7, 11) is 0. The maximum atomic E-state index is 6.52. The molecule has 0 aliphatic heterocycles. The summed E-state index contributed by atoms with van der Waals surface area (Å²) in [4.78, 5) is 0. The first-order chi connectivity index (χ1) is 66.6. The Morgan fingerprint density at radius 1 is 0.157 bits per heavy atom. The predicted molar refractivity (Wildman–Crippen MR) is 580 cm³/mol. The number of thiophene rings is 2. The van der Waals surface area contributed by atoms with Gasteiger partial charge in [0.25, 0.3) is 0 Å². The molecule has 0 bridgehead atoms. The molecular weight excluding hydrogens is 1660 g/mol. The van der Waals surface area contributed by atoms with Crippen molar-refractivity contribution in [2.45, 2.75) is 0 Å². The zero-order valence-corrected chi connectivity index (χ0v) is 73.8. The lowest BCUT2D eigenvalue weighted by molar-refractivity contribution is 0.672. The van der Waals surface area contributed by atoms with Crippen LogP contribution in [0.4, 0.5) is 0 Å². The van der Waals surface area contributed by atoms with Crippen molar-refractivity contribution in [3.8, 4) is 17.1 Å². The predicted octanol–water partition coefficient (Wildman–Crippen LogP) is 37.1. The van der Waals surface area contributed by atoms with E-state index in [4.69, 9.17) is 4.42 Å². The van der Waals surface area contributed by atoms with Crippen LogP contribution in [0.2, 0.25) is 0 Å². The Morgan fingerprint density at radius 2 is 0.433 bits per heavy atom. The Labute approximate surface area is 773 Å². The first-order valence-electron chi connectivity index (χ1n) is 46.2. The van der Waals surface area contributed by atoms with Gasteiger partial charge in [-0.15, -0.1) is 22.7 Å². The second-order valence-electron chi connectivity index (χ2n) is 36.1. The summed E-state index contributed by atoms with van der Waals surface area (Å²) in [6.07, 6.45) is 0. The average molecular weight is 1730 g/mol. The van der Waals surface area contributed by atoms with Gasteiger partial charge in [-0.25, -0.2) is 0 Å². The van der Waals surface area contributed by atoms with Crippen molar-refractivity contribution in [2.24, 2.45) is 0 Å². The molecule has 26 aromatic carbocycles. The van der Waals surface area contributed by atoms with E-state index in [0.29, 0.717) is 0 Å². The lowest BCUT2D eigenvalue weighted by atomic mass is 9.88. The van der Waals surface area contributed by atoms with E-state index in [0.717, 1.165) is 33.0 Å². The topological polar surface area (TPSA) is 27.9 Å². The smallest absolute Gasteiger partial charge is 0.143 e. The van der Waals surface area contributed by atoms with E-state index in [9.17, 15) is 0 Å². The van der Waals surface area contributed by atoms with Gasteiger partial charge in [-0.05, 0) is 198 Å². The second-order valence-corrected chi connectivity index (χ2v) is 38.2. The minimum absolute atomic E-state index is 0.906. The molecule has 0 spiro atoms. The standard InChI is InChI=1S/C44H25NO.C44H25NS.C40H23NS/c2*1-2-12-28-26(11-1)21-23-35-37-25-27(22-24-39(37)46-44(28)35)45-38-20-10-9-19-36(38)42-41-32-16-6-4-14-30(32)29-13-3-5-15-31(29)40(41)33-17-7-8-18-34(33)43(42)45;1-3-14-28-25(11-1)26-12-2-4-15-29(26)38-37(28)30-16-5-6-17-31(30)40-39(38)32-18-7-9-19-34(32)41(40)24-21-22-36-33(23-24)27-13-8-10-20-35(27)42-36/h2*1-25H;1-23H. The van der Waals surface area contributed by atoms with Crippen LogP contribution in [0, 0.1) is 0 Å². The lowest BCUT2D eigenvalue weighted by Gasteiger charge is -2.16. The van der Waals surface area contributed by atoms with E-state index in [2.05, 4.69) is 457 Å². The van der Waals surface area contributed by atoms with E-state index < -0.39 is 0 Å². The summed E-state index contributed by atoms with van der Waals surface area (Å²) in [6, 6.07) is 163. The lowest BCUT2D eigenvalue weighted by Crippen LogP contribution is -1.95.